The summed E-state index contributed by atoms with van der Waals surface area (Å²) < 4.78 is 5.84. The summed E-state index contributed by atoms with van der Waals surface area (Å²) in [7, 11) is 1.26. The lowest BCUT2D eigenvalue weighted by molar-refractivity contribution is 0.0593. The highest BCUT2D eigenvalue weighted by Crippen LogP contribution is 2.25. The summed E-state index contributed by atoms with van der Waals surface area (Å²) in [6.07, 6.45) is 1.51. The summed E-state index contributed by atoms with van der Waals surface area (Å²) >= 11 is 0. The topological polar surface area (TPSA) is 84.6 Å². The molecule has 19 heavy (non-hydrogen) atoms. The molecular weight excluding hydrogens is 248 g/mol. The number of hydrogen-bond acceptors (Lipinski definition) is 5. The lowest BCUT2D eigenvalue weighted by Gasteiger charge is -2.04. The first-order chi connectivity index (χ1) is 9.11. The van der Waals surface area contributed by atoms with Crippen LogP contribution in [0.5, 0.6) is 11.5 Å². The SMILES string of the molecule is CC.COC(=O)c1ccn(-c2ccc(O)cc2O)n1. The fourth-order valence-corrected chi connectivity index (χ4v) is 1.38. The Hall–Kier alpha value is -2.50. The summed E-state index contributed by atoms with van der Waals surface area (Å²) in [5, 5.41) is 22.7. The third kappa shape index (κ3) is 3.25. The first-order valence-corrected chi connectivity index (χ1v) is 5.78. The van der Waals surface area contributed by atoms with Crippen molar-refractivity contribution in [2.75, 3.05) is 7.11 Å². The zero-order valence-electron chi connectivity index (χ0n) is 11.0. The van der Waals surface area contributed by atoms with Crippen molar-refractivity contribution in [3.63, 3.8) is 0 Å². The summed E-state index contributed by atoms with van der Waals surface area (Å²) in [4.78, 5) is 11.2. The quantitative estimate of drug-likeness (QED) is 0.811. The molecule has 0 aliphatic rings. The Bertz CT molecular complexity index is 564. The van der Waals surface area contributed by atoms with Crippen molar-refractivity contribution in [3.05, 3.63) is 36.2 Å². The second-order valence-corrected chi connectivity index (χ2v) is 3.31. The van der Waals surface area contributed by atoms with Gasteiger partial charge in [0.25, 0.3) is 0 Å². The third-order valence-corrected chi connectivity index (χ3v) is 2.19. The monoisotopic (exact) mass is 264 g/mol. The fraction of sp³-hybridized carbons (Fsp3) is 0.231. The number of carbonyl (C=O) groups excluding carboxylic acids is 1. The Morgan fingerprint density at radius 2 is 1.95 bits per heavy atom. The summed E-state index contributed by atoms with van der Waals surface area (Å²) in [6.45, 7) is 4.00. The van der Waals surface area contributed by atoms with Gasteiger partial charge in [0.2, 0.25) is 0 Å². The van der Waals surface area contributed by atoms with Crippen molar-refractivity contribution in [1.82, 2.24) is 9.78 Å². The van der Waals surface area contributed by atoms with Crippen LogP contribution in [-0.2, 0) is 4.74 Å². The predicted octanol–water partition coefficient (Wildman–Crippen LogP) is 2.10. The van der Waals surface area contributed by atoms with E-state index in [4.69, 9.17) is 5.11 Å². The molecule has 0 amide bonds. The lowest BCUT2D eigenvalue weighted by Crippen LogP contribution is -2.04. The molecule has 2 rings (SSSR count). The molecule has 0 radical (unpaired) electrons. The number of hydrogen-bond donors (Lipinski definition) is 2. The van der Waals surface area contributed by atoms with Crippen LogP contribution < -0.4 is 0 Å². The van der Waals surface area contributed by atoms with E-state index in [9.17, 15) is 9.90 Å². The van der Waals surface area contributed by atoms with Gasteiger partial charge in [0.15, 0.2) is 5.69 Å². The molecule has 1 aromatic carbocycles. The molecule has 0 aliphatic heterocycles. The van der Waals surface area contributed by atoms with E-state index in [-0.39, 0.29) is 17.2 Å². The Kier molecular flexibility index (Phi) is 4.93. The highest BCUT2D eigenvalue weighted by atomic mass is 16.5. The van der Waals surface area contributed by atoms with Crippen molar-refractivity contribution in [1.29, 1.82) is 0 Å². The summed E-state index contributed by atoms with van der Waals surface area (Å²) in [5.74, 6) is -0.738. The van der Waals surface area contributed by atoms with Gasteiger partial charge in [-0.15, -0.1) is 0 Å². The van der Waals surface area contributed by atoms with Gasteiger partial charge in [0.1, 0.15) is 17.2 Å². The maximum absolute atomic E-state index is 11.2. The summed E-state index contributed by atoms with van der Waals surface area (Å²) in [5.41, 5.74) is 0.498. The molecule has 0 fully saturated rings. The minimum atomic E-state index is -0.554. The average Bonchev–Trinajstić information content (AvgIpc) is 2.89. The number of benzene rings is 1. The van der Waals surface area contributed by atoms with Crippen LogP contribution in [0.4, 0.5) is 0 Å². The number of phenolic OH excluding ortho intramolecular Hbond substituents is 2. The molecule has 0 saturated carbocycles. The van der Waals surface area contributed by atoms with Gasteiger partial charge in [0, 0.05) is 12.3 Å². The van der Waals surface area contributed by atoms with Crippen molar-refractivity contribution >= 4 is 5.97 Å². The van der Waals surface area contributed by atoms with Crippen LogP contribution >= 0.6 is 0 Å². The van der Waals surface area contributed by atoms with E-state index < -0.39 is 5.97 Å². The molecule has 1 aromatic heterocycles. The number of phenols is 2. The lowest BCUT2D eigenvalue weighted by atomic mass is 10.3. The minimum Gasteiger partial charge on any atom is -0.508 e. The van der Waals surface area contributed by atoms with E-state index in [1.165, 1.54) is 42.3 Å². The van der Waals surface area contributed by atoms with Crippen LogP contribution in [0.15, 0.2) is 30.5 Å². The van der Waals surface area contributed by atoms with E-state index in [1.807, 2.05) is 13.8 Å². The van der Waals surface area contributed by atoms with Gasteiger partial charge in [-0.3, -0.25) is 0 Å². The van der Waals surface area contributed by atoms with Crippen molar-refractivity contribution < 1.29 is 19.7 Å². The molecule has 0 unspecified atom stereocenters. The van der Waals surface area contributed by atoms with Gasteiger partial charge in [-0.05, 0) is 18.2 Å². The Labute approximate surface area is 110 Å². The van der Waals surface area contributed by atoms with Crippen molar-refractivity contribution in [2.24, 2.45) is 0 Å². The van der Waals surface area contributed by atoms with E-state index in [1.54, 1.807) is 0 Å². The van der Waals surface area contributed by atoms with Gasteiger partial charge < -0.3 is 14.9 Å². The third-order valence-electron chi connectivity index (χ3n) is 2.19. The highest BCUT2D eigenvalue weighted by Gasteiger charge is 2.11. The average molecular weight is 264 g/mol. The Balaban J connectivity index is 0.000000861. The molecule has 2 N–H and O–H groups in total. The van der Waals surface area contributed by atoms with Crippen LogP contribution in [-0.4, -0.2) is 33.1 Å². The normalized spacial score (nSPS) is 9.42. The van der Waals surface area contributed by atoms with Crippen LogP contribution in [0.2, 0.25) is 0 Å². The van der Waals surface area contributed by atoms with E-state index in [0.29, 0.717) is 5.69 Å². The standard InChI is InChI=1S/C11H10N2O4.C2H6/c1-17-11(16)8-4-5-13(12-8)9-3-2-7(14)6-10(9)15;1-2/h2-6,14-15H,1H3;1-2H3. The fourth-order valence-electron chi connectivity index (χ4n) is 1.38. The van der Waals surface area contributed by atoms with Crippen LogP contribution in [0.3, 0.4) is 0 Å². The van der Waals surface area contributed by atoms with E-state index in [2.05, 4.69) is 9.84 Å². The number of methoxy groups -OCH3 is 1. The molecule has 0 aliphatic carbocycles. The number of aromatic hydroxyl groups is 2. The minimum absolute atomic E-state index is 0.0494. The first kappa shape index (κ1) is 14.6. The zero-order chi connectivity index (χ0) is 14.4. The zero-order valence-corrected chi connectivity index (χ0v) is 11.0. The molecule has 0 spiro atoms. The molecular formula is C13H16N2O4. The van der Waals surface area contributed by atoms with Gasteiger partial charge in [-0.25, -0.2) is 9.48 Å². The molecule has 102 valence electrons. The molecule has 6 nitrogen and oxygen atoms in total. The first-order valence-electron chi connectivity index (χ1n) is 5.78. The number of aromatic nitrogens is 2. The molecule has 0 saturated heterocycles. The second-order valence-electron chi connectivity index (χ2n) is 3.31. The van der Waals surface area contributed by atoms with Gasteiger partial charge in [-0.1, -0.05) is 13.8 Å². The maximum atomic E-state index is 11.2. The largest absolute Gasteiger partial charge is 0.508 e. The van der Waals surface area contributed by atoms with Crippen LogP contribution in [0.25, 0.3) is 5.69 Å². The van der Waals surface area contributed by atoms with E-state index in [0.717, 1.165) is 0 Å². The van der Waals surface area contributed by atoms with Gasteiger partial charge in [0.05, 0.1) is 7.11 Å². The molecule has 0 atom stereocenters. The van der Waals surface area contributed by atoms with E-state index >= 15 is 0 Å². The number of rotatable bonds is 2. The highest BCUT2D eigenvalue weighted by molar-refractivity contribution is 5.87. The number of nitrogens with zero attached hydrogens (tertiary/aromatic N) is 2. The van der Waals surface area contributed by atoms with Crippen molar-refractivity contribution in [3.8, 4) is 17.2 Å². The van der Waals surface area contributed by atoms with Crippen LogP contribution in [0.1, 0.15) is 24.3 Å². The Morgan fingerprint density at radius 3 is 2.53 bits per heavy atom. The smallest absolute Gasteiger partial charge is 0.358 e. The Morgan fingerprint density at radius 1 is 1.26 bits per heavy atom. The van der Waals surface area contributed by atoms with Gasteiger partial charge >= 0.3 is 5.97 Å². The maximum Gasteiger partial charge on any atom is 0.358 e. The van der Waals surface area contributed by atoms with Gasteiger partial charge in [-0.2, -0.15) is 5.10 Å². The molecule has 0 bridgehead atoms. The number of ether oxygens (including phenoxy) is 1. The number of esters is 1. The molecule has 6 heteroatoms. The number of carbonyl (C=O) groups is 1. The van der Waals surface area contributed by atoms with Crippen molar-refractivity contribution in [2.45, 2.75) is 13.8 Å². The second kappa shape index (κ2) is 6.44. The molecule has 2 aromatic rings. The summed E-state index contributed by atoms with van der Waals surface area (Å²) in [6, 6.07) is 5.56. The van der Waals surface area contributed by atoms with Crippen LogP contribution in [0, 0.1) is 0 Å². The molecule has 1 heterocycles. The predicted molar refractivity (Wildman–Crippen MR) is 69.6 cm³/mol.